The maximum atomic E-state index is 12.7. The molecule has 4 nitrogen and oxygen atoms in total. The second-order valence-electron chi connectivity index (χ2n) is 6.53. The van der Waals surface area contributed by atoms with Crippen molar-refractivity contribution >= 4 is 27.6 Å². The van der Waals surface area contributed by atoms with Crippen molar-refractivity contribution in [1.82, 2.24) is 9.71 Å². The van der Waals surface area contributed by atoms with E-state index in [0.29, 0.717) is 5.56 Å². The van der Waals surface area contributed by atoms with Crippen LogP contribution in [0.5, 0.6) is 0 Å². The number of rotatable bonds is 3. The van der Waals surface area contributed by atoms with E-state index >= 15 is 0 Å². The summed E-state index contributed by atoms with van der Waals surface area (Å²) < 4.78 is 1.61. The summed E-state index contributed by atoms with van der Waals surface area (Å²) in [5.74, 6) is -0.406. The quantitative estimate of drug-likeness (QED) is 0.446. The number of carbonyl (C=O) groups is 1. The van der Waals surface area contributed by atoms with Crippen molar-refractivity contribution in [2.45, 2.75) is 0 Å². The number of hydrogen-bond donors (Lipinski definition) is 0. The summed E-state index contributed by atoms with van der Waals surface area (Å²) in [4.78, 5) is 22.8. The largest absolute Gasteiger partial charge is 0.363 e. The Bertz CT molecular complexity index is 1290. The molecule has 0 atom stereocenters. The molecule has 0 N–H and O–H groups in total. The molecule has 0 aliphatic rings. The number of hydrogen-bond acceptors (Lipinski definition) is 3. The van der Waals surface area contributed by atoms with Crippen LogP contribution in [0.15, 0.2) is 97.3 Å². The van der Waals surface area contributed by atoms with Crippen LogP contribution in [-0.2, 0) is 0 Å². The molecule has 0 bridgehead atoms. The topological polar surface area (TPSA) is 44.1 Å². The molecule has 4 heteroatoms. The highest BCUT2D eigenvalue weighted by molar-refractivity contribution is 6.08. The van der Waals surface area contributed by atoms with Crippen LogP contribution in [0.2, 0.25) is 0 Å². The number of nitrogens with zero attached hydrogens (tertiary/aromatic N) is 2. The number of pyridine rings is 1. The predicted molar refractivity (Wildman–Crippen MR) is 110 cm³/mol. The molecule has 0 unspecified atom stereocenters. The fourth-order valence-corrected chi connectivity index (χ4v) is 3.46. The number of benzene rings is 3. The van der Waals surface area contributed by atoms with Crippen molar-refractivity contribution in [2.24, 2.45) is 0 Å². The minimum Gasteiger partial charge on any atom is -0.330 e. The number of carbonyl (C=O) groups excluding carboxylic acids is 1. The maximum Gasteiger partial charge on any atom is 0.363 e. The zero-order valence-electron chi connectivity index (χ0n) is 14.9. The van der Waals surface area contributed by atoms with Gasteiger partial charge in [-0.15, -0.1) is 0 Å². The summed E-state index contributed by atoms with van der Waals surface area (Å²) in [6, 6.07) is 27.1. The lowest BCUT2D eigenvalue weighted by Crippen LogP contribution is -2.20. The van der Waals surface area contributed by atoms with Crippen LogP contribution in [-0.4, -0.2) is 15.7 Å². The first kappa shape index (κ1) is 16.3. The minimum absolute atomic E-state index is 0.406. The van der Waals surface area contributed by atoms with Gasteiger partial charge in [-0.25, -0.2) is 4.79 Å². The first-order valence-electron chi connectivity index (χ1n) is 9.02. The van der Waals surface area contributed by atoms with Gasteiger partial charge in [0.1, 0.15) is 0 Å². The third kappa shape index (κ3) is 2.72. The van der Waals surface area contributed by atoms with Crippen molar-refractivity contribution in [2.75, 3.05) is 0 Å². The van der Waals surface area contributed by atoms with Gasteiger partial charge >= 0.3 is 5.97 Å². The molecule has 2 aromatic heterocycles. The van der Waals surface area contributed by atoms with E-state index in [-0.39, 0.29) is 0 Å². The maximum absolute atomic E-state index is 12.7. The molecule has 0 saturated heterocycles. The summed E-state index contributed by atoms with van der Waals surface area (Å²) in [5, 5.41) is 3.27. The van der Waals surface area contributed by atoms with E-state index in [2.05, 4.69) is 17.1 Å². The fourth-order valence-electron chi connectivity index (χ4n) is 3.46. The molecule has 3 aromatic carbocycles. The Morgan fingerprint density at radius 2 is 1.64 bits per heavy atom. The highest BCUT2D eigenvalue weighted by Gasteiger charge is 2.17. The normalized spacial score (nSPS) is 11.0. The molecule has 0 radical (unpaired) electrons. The second kappa shape index (κ2) is 6.67. The molecule has 0 spiro atoms. The van der Waals surface area contributed by atoms with Gasteiger partial charge in [-0.05, 0) is 47.2 Å². The Hall–Kier alpha value is -3.92. The minimum atomic E-state index is -0.406. The third-order valence-electron chi connectivity index (χ3n) is 4.81. The third-order valence-corrected chi connectivity index (χ3v) is 4.81. The van der Waals surface area contributed by atoms with Crippen molar-refractivity contribution in [1.29, 1.82) is 0 Å². The van der Waals surface area contributed by atoms with E-state index in [9.17, 15) is 4.79 Å². The van der Waals surface area contributed by atoms with Gasteiger partial charge < -0.3 is 4.84 Å². The SMILES string of the molecule is O=C(On1c(-c2cccnc2)cc2c3ccccc3ccc21)c1ccccc1. The Morgan fingerprint density at radius 3 is 2.46 bits per heavy atom. The van der Waals surface area contributed by atoms with Crippen molar-refractivity contribution < 1.29 is 9.63 Å². The Labute approximate surface area is 161 Å². The van der Waals surface area contributed by atoms with Gasteiger partial charge in [-0.3, -0.25) is 4.98 Å². The van der Waals surface area contributed by atoms with Crippen LogP contribution in [0.25, 0.3) is 32.9 Å². The lowest BCUT2D eigenvalue weighted by molar-refractivity contribution is 0.0490. The van der Waals surface area contributed by atoms with Crippen molar-refractivity contribution in [3.8, 4) is 11.3 Å². The zero-order valence-corrected chi connectivity index (χ0v) is 14.9. The molecular weight excluding hydrogens is 348 g/mol. The smallest absolute Gasteiger partial charge is 0.330 e. The highest BCUT2D eigenvalue weighted by atomic mass is 16.7. The summed E-state index contributed by atoms with van der Waals surface area (Å²) in [7, 11) is 0. The zero-order chi connectivity index (χ0) is 18.9. The van der Waals surface area contributed by atoms with E-state index in [1.807, 2.05) is 60.7 Å². The van der Waals surface area contributed by atoms with Gasteiger partial charge in [-0.1, -0.05) is 48.5 Å². The summed E-state index contributed by atoms with van der Waals surface area (Å²) >= 11 is 0. The number of fused-ring (bicyclic) bond motifs is 3. The van der Waals surface area contributed by atoms with E-state index in [1.54, 1.807) is 29.3 Å². The predicted octanol–water partition coefficient (Wildman–Crippen LogP) is 5.13. The molecular formula is C24H16N2O2. The lowest BCUT2D eigenvalue weighted by Gasteiger charge is -2.11. The van der Waals surface area contributed by atoms with Crippen LogP contribution in [0, 0.1) is 0 Å². The monoisotopic (exact) mass is 364 g/mol. The van der Waals surface area contributed by atoms with Gasteiger partial charge in [0.25, 0.3) is 0 Å². The van der Waals surface area contributed by atoms with Crippen LogP contribution in [0.4, 0.5) is 0 Å². The van der Waals surface area contributed by atoms with Crippen LogP contribution in [0.1, 0.15) is 10.4 Å². The van der Waals surface area contributed by atoms with Gasteiger partial charge in [0.2, 0.25) is 0 Å². The van der Waals surface area contributed by atoms with Crippen molar-refractivity contribution in [3.63, 3.8) is 0 Å². The van der Waals surface area contributed by atoms with E-state index in [0.717, 1.165) is 32.9 Å². The van der Waals surface area contributed by atoms with Crippen LogP contribution < -0.4 is 4.84 Å². The molecule has 134 valence electrons. The molecule has 0 saturated carbocycles. The van der Waals surface area contributed by atoms with Crippen LogP contribution in [0.3, 0.4) is 0 Å². The van der Waals surface area contributed by atoms with Gasteiger partial charge in [0.15, 0.2) is 0 Å². The van der Waals surface area contributed by atoms with Crippen molar-refractivity contribution in [3.05, 3.63) is 103 Å². The summed E-state index contributed by atoms with van der Waals surface area (Å²) in [6.07, 6.45) is 3.49. The molecule has 2 heterocycles. The lowest BCUT2D eigenvalue weighted by atomic mass is 10.1. The second-order valence-corrected chi connectivity index (χ2v) is 6.53. The molecule has 0 fully saturated rings. The van der Waals surface area contributed by atoms with Gasteiger partial charge in [-0.2, -0.15) is 4.73 Å². The molecule has 28 heavy (non-hydrogen) atoms. The van der Waals surface area contributed by atoms with Gasteiger partial charge in [0.05, 0.1) is 16.8 Å². The highest BCUT2D eigenvalue weighted by Crippen LogP contribution is 2.32. The standard InChI is InChI=1S/C24H16N2O2/c27-24(18-8-2-1-3-9-18)28-26-22-13-12-17-7-4-5-11-20(17)21(22)15-23(26)19-10-6-14-25-16-19/h1-16H. The average Bonchev–Trinajstić information content (AvgIpc) is 3.14. The van der Waals surface area contributed by atoms with E-state index in [4.69, 9.17) is 4.84 Å². The summed E-state index contributed by atoms with van der Waals surface area (Å²) in [5.41, 5.74) is 3.00. The van der Waals surface area contributed by atoms with E-state index < -0.39 is 5.97 Å². The molecule has 0 aliphatic carbocycles. The number of aromatic nitrogens is 2. The molecule has 5 aromatic rings. The van der Waals surface area contributed by atoms with E-state index in [1.165, 1.54) is 0 Å². The summed E-state index contributed by atoms with van der Waals surface area (Å²) in [6.45, 7) is 0. The Balaban J connectivity index is 1.73. The molecule has 0 amide bonds. The van der Waals surface area contributed by atoms with Crippen LogP contribution >= 0.6 is 0 Å². The first-order chi connectivity index (χ1) is 13.8. The average molecular weight is 364 g/mol. The van der Waals surface area contributed by atoms with Gasteiger partial charge in [0, 0.05) is 23.3 Å². The Kier molecular flexibility index (Phi) is 3.87. The Morgan fingerprint density at radius 1 is 0.821 bits per heavy atom. The molecule has 0 aliphatic heterocycles. The fraction of sp³-hybridized carbons (Fsp3) is 0. The first-order valence-corrected chi connectivity index (χ1v) is 9.02. The molecule has 5 rings (SSSR count).